The highest BCUT2D eigenvalue weighted by molar-refractivity contribution is 5.94. The van der Waals surface area contributed by atoms with Gasteiger partial charge in [0.1, 0.15) is 23.9 Å². The van der Waals surface area contributed by atoms with Crippen molar-refractivity contribution in [2.75, 3.05) is 0 Å². The molecule has 12 heteroatoms. The van der Waals surface area contributed by atoms with Gasteiger partial charge in [-0.25, -0.2) is 4.79 Å². The number of aliphatic carboxylic acids is 1. The van der Waals surface area contributed by atoms with Crippen molar-refractivity contribution in [3.05, 3.63) is 29.8 Å². The number of phenolic OH excluding ortho intramolecular Hbond substituents is 1. The van der Waals surface area contributed by atoms with Crippen molar-refractivity contribution in [1.82, 2.24) is 16.0 Å². The normalized spacial score (nSPS) is 15.1. The van der Waals surface area contributed by atoms with Gasteiger partial charge in [0.2, 0.25) is 23.6 Å². The Morgan fingerprint density at radius 2 is 1.43 bits per heavy atom. The van der Waals surface area contributed by atoms with Gasteiger partial charge < -0.3 is 37.6 Å². The quantitative estimate of drug-likeness (QED) is 0.163. The third-order valence-electron chi connectivity index (χ3n) is 6.11. The molecule has 0 heterocycles. The summed E-state index contributed by atoms with van der Waals surface area (Å²) in [5, 5.41) is 26.5. The zero-order chi connectivity index (χ0) is 28.3. The minimum atomic E-state index is -1.29. The SMILES string of the molecule is CCC(C)C(N)C(=O)NC(Cc1ccc(O)cc1)C(=O)NC(CCC(N)=O)C(=O)NC(C(=O)O)C(C)C. The molecule has 0 saturated carbocycles. The second-order valence-corrected chi connectivity index (χ2v) is 9.48. The Hall–Kier alpha value is -3.67. The van der Waals surface area contributed by atoms with Gasteiger partial charge >= 0.3 is 5.97 Å². The second kappa shape index (κ2) is 14.8. The number of primary amides is 1. The Kier molecular flexibility index (Phi) is 12.5. The molecule has 0 bridgehead atoms. The molecule has 0 spiro atoms. The van der Waals surface area contributed by atoms with Crippen molar-refractivity contribution in [2.45, 2.75) is 77.5 Å². The van der Waals surface area contributed by atoms with Crippen molar-refractivity contribution in [2.24, 2.45) is 23.3 Å². The number of amides is 4. The monoisotopic (exact) mass is 521 g/mol. The number of carbonyl (C=O) groups excluding carboxylic acids is 4. The number of nitrogens with two attached hydrogens (primary N) is 2. The molecule has 1 aromatic carbocycles. The molecule has 206 valence electrons. The van der Waals surface area contributed by atoms with Crippen LogP contribution in [-0.2, 0) is 30.4 Å². The summed E-state index contributed by atoms with van der Waals surface area (Å²) in [7, 11) is 0. The Morgan fingerprint density at radius 1 is 0.892 bits per heavy atom. The summed E-state index contributed by atoms with van der Waals surface area (Å²) in [6, 6.07) is 1.47. The molecule has 0 aliphatic carbocycles. The fourth-order valence-corrected chi connectivity index (χ4v) is 3.45. The van der Waals surface area contributed by atoms with E-state index in [0.717, 1.165) is 0 Å². The van der Waals surface area contributed by atoms with E-state index in [1.807, 2.05) is 6.92 Å². The van der Waals surface area contributed by atoms with Crippen molar-refractivity contribution in [3.8, 4) is 5.75 Å². The van der Waals surface area contributed by atoms with E-state index in [0.29, 0.717) is 12.0 Å². The van der Waals surface area contributed by atoms with Gasteiger partial charge in [-0.3, -0.25) is 19.2 Å². The number of phenols is 1. The predicted molar refractivity (Wildman–Crippen MR) is 136 cm³/mol. The van der Waals surface area contributed by atoms with E-state index < -0.39 is 59.7 Å². The van der Waals surface area contributed by atoms with Gasteiger partial charge in [-0.15, -0.1) is 0 Å². The fraction of sp³-hybridized carbons (Fsp3) is 0.560. The van der Waals surface area contributed by atoms with Crippen LogP contribution in [-0.4, -0.2) is 64.0 Å². The van der Waals surface area contributed by atoms with Crippen LogP contribution in [0.3, 0.4) is 0 Å². The molecule has 5 unspecified atom stereocenters. The fourth-order valence-electron chi connectivity index (χ4n) is 3.45. The standard InChI is InChI=1S/C25H39N5O7/c1-5-14(4)20(27)24(35)29-18(12-15-6-8-16(31)9-7-15)23(34)28-17(10-11-19(26)32)22(33)30-21(13(2)3)25(36)37/h6-9,13-14,17-18,20-21,31H,5,10-12,27H2,1-4H3,(H2,26,32)(H,28,34)(H,29,35)(H,30,33)(H,36,37). The number of aromatic hydroxyl groups is 1. The van der Waals surface area contributed by atoms with Crippen molar-refractivity contribution in [1.29, 1.82) is 0 Å². The molecular weight excluding hydrogens is 482 g/mol. The summed E-state index contributed by atoms with van der Waals surface area (Å²) >= 11 is 0. The number of rotatable bonds is 15. The van der Waals surface area contributed by atoms with Gasteiger partial charge in [-0.2, -0.15) is 0 Å². The van der Waals surface area contributed by atoms with Gasteiger partial charge in [0.05, 0.1) is 6.04 Å². The first-order valence-electron chi connectivity index (χ1n) is 12.2. The second-order valence-electron chi connectivity index (χ2n) is 9.48. The molecule has 1 aromatic rings. The summed E-state index contributed by atoms with van der Waals surface area (Å²) in [5.41, 5.74) is 11.9. The molecule has 9 N–H and O–H groups in total. The Morgan fingerprint density at radius 3 is 1.92 bits per heavy atom. The van der Waals surface area contributed by atoms with E-state index in [1.165, 1.54) is 12.1 Å². The van der Waals surface area contributed by atoms with Crippen LogP contribution >= 0.6 is 0 Å². The summed E-state index contributed by atoms with van der Waals surface area (Å²) in [5.74, 6) is -4.64. The van der Waals surface area contributed by atoms with Crippen LogP contribution in [0.5, 0.6) is 5.75 Å². The number of nitrogens with one attached hydrogen (secondary N) is 3. The predicted octanol–water partition coefficient (Wildman–Crippen LogP) is -0.231. The van der Waals surface area contributed by atoms with E-state index in [-0.39, 0.29) is 30.9 Å². The first kappa shape index (κ1) is 31.4. The number of carbonyl (C=O) groups is 5. The van der Waals surface area contributed by atoms with Crippen LogP contribution < -0.4 is 27.4 Å². The average molecular weight is 522 g/mol. The lowest BCUT2D eigenvalue weighted by molar-refractivity contribution is -0.143. The van der Waals surface area contributed by atoms with Crippen LogP contribution in [0, 0.1) is 11.8 Å². The van der Waals surface area contributed by atoms with Gasteiger partial charge in [0.25, 0.3) is 0 Å². The highest BCUT2D eigenvalue weighted by atomic mass is 16.4. The smallest absolute Gasteiger partial charge is 0.326 e. The highest BCUT2D eigenvalue weighted by Gasteiger charge is 2.32. The minimum absolute atomic E-state index is 0.0129. The topological polar surface area (TPSA) is 214 Å². The molecule has 1 rings (SSSR count). The Bertz CT molecular complexity index is 951. The van der Waals surface area contributed by atoms with Crippen LogP contribution in [0.1, 0.15) is 52.5 Å². The highest BCUT2D eigenvalue weighted by Crippen LogP contribution is 2.13. The average Bonchev–Trinajstić information content (AvgIpc) is 2.83. The van der Waals surface area contributed by atoms with Crippen molar-refractivity contribution < 1.29 is 34.2 Å². The zero-order valence-electron chi connectivity index (χ0n) is 21.7. The van der Waals surface area contributed by atoms with Crippen molar-refractivity contribution >= 4 is 29.6 Å². The molecule has 4 amide bonds. The number of carboxylic acids is 1. The molecule has 0 fully saturated rings. The van der Waals surface area contributed by atoms with E-state index in [2.05, 4.69) is 16.0 Å². The first-order valence-corrected chi connectivity index (χ1v) is 12.2. The first-order chi connectivity index (χ1) is 17.3. The zero-order valence-corrected chi connectivity index (χ0v) is 21.7. The van der Waals surface area contributed by atoms with Gasteiger partial charge in [-0.05, 0) is 36.0 Å². The molecular formula is C25H39N5O7. The Balaban J connectivity index is 3.19. The van der Waals surface area contributed by atoms with Gasteiger partial charge in [0, 0.05) is 12.8 Å². The van der Waals surface area contributed by atoms with E-state index in [4.69, 9.17) is 11.5 Å². The maximum Gasteiger partial charge on any atom is 0.326 e. The Labute approximate surface area is 216 Å². The summed E-state index contributed by atoms with van der Waals surface area (Å²) in [4.78, 5) is 61.9. The molecule has 5 atom stereocenters. The lowest BCUT2D eigenvalue weighted by Gasteiger charge is -2.26. The number of hydrogen-bond donors (Lipinski definition) is 7. The lowest BCUT2D eigenvalue weighted by atomic mass is 9.98. The molecule has 0 aliphatic heterocycles. The number of hydrogen-bond acceptors (Lipinski definition) is 7. The van der Waals surface area contributed by atoms with Crippen LogP contribution in [0.4, 0.5) is 0 Å². The van der Waals surface area contributed by atoms with Gasteiger partial charge in [-0.1, -0.05) is 46.2 Å². The minimum Gasteiger partial charge on any atom is -0.508 e. The van der Waals surface area contributed by atoms with Crippen LogP contribution in [0.15, 0.2) is 24.3 Å². The third kappa shape index (κ3) is 10.5. The number of benzene rings is 1. The van der Waals surface area contributed by atoms with E-state index >= 15 is 0 Å². The lowest BCUT2D eigenvalue weighted by Crippen LogP contribution is -2.58. The molecule has 0 aromatic heterocycles. The molecule has 0 saturated heterocycles. The van der Waals surface area contributed by atoms with Crippen LogP contribution in [0.2, 0.25) is 0 Å². The largest absolute Gasteiger partial charge is 0.508 e. The van der Waals surface area contributed by atoms with Crippen molar-refractivity contribution in [3.63, 3.8) is 0 Å². The van der Waals surface area contributed by atoms with Crippen LogP contribution in [0.25, 0.3) is 0 Å². The van der Waals surface area contributed by atoms with E-state index in [9.17, 15) is 34.2 Å². The maximum atomic E-state index is 13.3. The number of carboxylic acid groups (broad SMARTS) is 1. The molecule has 0 radical (unpaired) electrons. The summed E-state index contributed by atoms with van der Waals surface area (Å²) in [6.07, 6.45) is 0.230. The van der Waals surface area contributed by atoms with E-state index in [1.54, 1.807) is 32.9 Å². The molecule has 37 heavy (non-hydrogen) atoms. The summed E-state index contributed by atoms with van der Waals surface area (Å²) < 4.78 is 0. The summed E-state index contributed by atoms with van der Waals surface area (Å²) in [6.45, 7) is 6.90. The maximum absolute atomic E-state index is 13.3. The van der Waals surface area contributed by atoms with Gasteiger partial charge in [0.15, 0.2) is 0 Å². The third-order valence-corrected chi connectivity index (χ3v) is 6.11. The molecule has 0 aliphatic rings. The molecule has 12 nitrogen and oxygen atoms in total.